The van der Waals surface area contributed by atoms with Crippen LogP contribution in [0.15, 0.2) is 6.07 Å². The molecule has 1 rings (SSSR count). The van der Waals surface area contributed by atoms with Crippen LogP contribution in [-0.4, -0.2) is 16.3 Å². The topological polar surface area (TPSA) is 43.8 Å². The molecule has 17 heavy (non-hydrogen) atoms. The summed E-state index contributed by atoms with van der Waals surface area (Å²) < 4.78 is 39.5. The van der Waals surface area contributed by atoms with Crippen LogP contribution >= 0.6 is 0 Å². The molecular weight excluding hydrogens is 231 g/mol. The van der Waals surface area contributed by atoms with Gasteiger partial charge in [0.05, 0.1) is 11.2 Å². The molecule has 2 N–H and O–H groups in total. The van der Waals surface area contributed by atoms with Crippen molar-refractivity contribution in [2.75, 3.05) is 6.54 Å². The average molecular weight is 249 g/mol. The van der Waals surface area contributed by atoms with E-state index in [9.17, 15) is 13.2 Å². The molecule has 0 saturated carbocycles. The molecule has 98 valence electrons. The molecule has 0 fully saturated rings. The summed E-state index contributed by atoms with van der Waals surface area (Å²) in [5.74, 6) is 0. The largest absolute Gasteiger partial charge is 0.433 e. The summed E-state index contributed by atoms with van der Waals surface area (Å²) in [7, 11) is 0. The fourth-order valence-corrected chi connectivity index (χ4v) is 1.55. The molecule has 0 aliphatic rings. The molecule has 6 heteroatoms. The van der Waals surface area contributed by atoms with Gasteiger partial charge in [-0.1, -0.05) is 0 Å². The molecule has 0 bridgehead atoms. The number of hydrogen-bond donors (Lipinski definition) is 1. The van der Waals surface area contributed by atoms with Gasteiger partial charge in [-0.3, -0.25) is 4.68 Å². The van der Waals surface area contributed by atoms with Gasteiger partial charge in [0.15, 0.2) is 0 Å². The highest BCUT2D eigenvalue weighted by molar-refractivity contribution is 5.15. The summed E-state index contributed by atoms with van der Waals surface area (Å²) >= 11 is 0. The van der Waals surface area contributed by atoms with Crippen LogP contribution in [-0.2, 0) is 18.1 Å². The van der Waals surface area contributed by atoms with Gasteiger partial charge in [0.2, 0.25) is 0 Å². The fourth-order valence-electron chi connectivity index (χ4n) is 1.55. The first kappa shape index (κ1) is 14.0. The third-order valence-electron chi connectivity index (χ3n) is 2.32. The second kappa shape index (κ2) is 4.68. The summed E-state index contributed by atoms with van der Waals surface area (Å²) in [4.78, 5) is 0. The average Bonchev–Trinajstić information content (AvgIpc) is 2.57. The van der Waals surface area contributed by atoms with E-state index in [1.165, 1.54) is 0 Å². The van der Waals surface area contributed by atoms with Crippen LogP contribution in [0, 0.1) is 0 Å². The zero-order chi connectivity index (χ0) is 13.3. The van der Waals surface area contributed by atoms with Gasteiger partial charge in [-0.25, -0.2) is 0 Å². The van der Waals surface area contributed by atoms with Crippen LogP contribution in [0.3, 0.4) is 0 Å². The van der Waals surface area contributed by atoms with Gasteiger partial charge in [0.1, 0.15) is 5.69 Å². The van der Waals surface area contributed by atoms with Gasteiger partial charge in [-0.05, 0) is 46.2 Å². The predicted molar refractivity (Wildman–Crippen MR) is 59.6 cm³/mol. The minimum atomic E-state index is -4.37. The van der Waals surface area contributed by atoms with E-state index in [-0.39, 0.29) is 0 Å². The molecule has 0 atom stereocenters. The lowest BCUT2D eigenvalue weighted by Crippen LogP contribution is -2.28. The highest BCUT2D eigenvalue weighted by atomic mass is 19.4. The Kier molecular flexibility index (Phi) is 3.86. The zero-order valence-corrected chi connectivity index (χ0v) is 10.3. The van der Waals surface area contributed by atoms with Gasteiger partial charge < -0.3 is 5.73 Å². The van der Waals surface area contributed by atoms with Gasteiger partial charge in [0, 0.05) is 0 Å². The number of alkyl halides is 3. The number of nitrogens with zero attached hydrogens (tertiary/aromatic N) is 2. The number of nitrogens with two attached hydrogens (primary N) is 1. The first-order valence-corrected chi connectivity index (χ1v) is 5.53. The summed E-state index contributed by atoms with van der Waals surface area (Å²) in [5, 5.41) is 4.03. The second-order valence-corrected chi connectivity index (χ2v) is 4.99. The lowest BCUT2D eigenvalue weighted by Gasteiger charge is -2.23. The molecule has 0 aliphatic carbocycles. The molecule has 1 aromatic rings. The van der Waals surface area contributed by atoms with Crippen molar-refractivity contribution in [2.45, 2.75) is 45.3 Å². The number of hydrogen-bond acceptors (Lipinski definition) is 2. The van der Waals surface area contributed by atoms with E-state index in [0.717, 1.165) is 10.7 Å². The minimum absolute atomic E-state index is 0.442. The van der Waals surface area contributed by atoms with Crippen molar-refractivity contribution in [3.8, 4) is 0 Å². The van der Waals surface area contributed by atoms with E-state index in [1.54, 1.807) is 20.8 Å². The van der Waals surface area contributed by atoms with Crippen molar-refractivity contribution in [1.82, 2.24) is 9.78 Å². The summed E-state index contributed by atoms with van der Waals surface area (Å²) in [6.45, 7) is 5.54. The molecule has 1 aromatic heterocycles. The van der Waals surface area contributed by atoms with Crippen molar-refractivity contribution in [3.05, 3.63) is 17.5 Å². The maximum Gasteiger partial charge on any atom is 0.433 e. The van der Waals surface area contributed by atoms with Crippen molar-refractivity contribution in [1.29, 1.82) is 0 Å². The summed E-state index contributed by atoms with van der Waals surface area (Å²) in [5.41, 5.74) is 4.39. The van der Waals surface area contributed by atoms with Gasteiger partial charge in [0.25, 0.3) is 0 Å². The molecule has 0 aromatic carbocycles. The van der Waals surface area contributed by atoms with Gasteiger partial charge in [-0.2, -0.15) is 18.3 Å². The molecule has 3 nitrogen and oxygen atoms in total. The number of rotatable bonds is 3. The Hall–Kier alpha value is -1.04. The number of halogens is 3. The maximum absolute atomic E-state index is 12.8. The normalized spacial score (nSPS) is 13.1. The van der Waals surface area contributed by atoms with Crippen molar-refractivity contribution in [2.24, 2.45) is 5.73 Å². The molecule has 0 unspecified atom stereocenters. The molecular formula is C11H18F3N3. The minimum Gasteiger partial charge on any atom is -0.330 e. The van der Waals surface area contributed by atoms with Gasteiger partial charge in [-0.15, -0.1) is 0 Å². The fraction of sp³-hybridized carbons (Fsp3) is 0.727. The SMILES string of the molecule is CC(C)(C)n1nc(CCCN)cc1C(F)(F)F. The quantitative estimate of drug-likeness (QED) is 0.894. The lowest BCUT2D eigenvalue weighted by atomic mass is 10.1. The van der Waals surface area contributed by atoms with Crippen LogP contribution in [0.4, 0.5) is 13.2 Å². The van der Waals surface area contributed by atoms with E-state index < -0.39 is 17.4 Å². The van der Waals surface area contributed by atoms with E-state index in [2.05, 4.69) is 5.10 Å². The monoisotopic (exact) mass is 249 g/mol. The van der Waals surface area contributed by atoms with Crippen molar-refractivity contribution >= 4 is 0 Å². The maximum atomic E-state index is 12.8. The van der Waals surface area contributed by atoms with E-state index in [0.29, 0.717) is 25.1 Å². The summed E-state index contributed by atoms with van der Waals surface area (Å²) in [6, 6.07) is 1.11. The number of aromatic nitrogens is 2. The molecule has 0 amide bonds. The van der Waals surface area contributed by atoms with E-state index in [1.807, 2.05) is 0 Å². The van der Waals surface area contributed by atoms with Crippen LogP contribution in [0.5, 0.6) is 0 Å². The lowest BCUT2D eigenvalue weighted by molar-refractivity contribution is -0.146. The Labute approximate surface area is 98.8 Å². The van der Waals surface area contributed by atoms with Gasteiger partial charge >= 0.3 is 6.18 Å². The Bertz CT molecular complexity index is 343. The highest BCUT2D eigenvalue weighted by Gasteiger charge is 2.38. The Morgan fingerprint density at radius 1 is 1.29 bits per heavy atom. The first-order chi connectivity index (χ1) is 7.66. The zero-order valence-electron chi connectivity index (χ0n) is 10.3. The van der Waals surface area contributed by atoms with Crippen LogP contribution < -0.4 is 5.73 Å². The molecule has 1 heterocycles. The van der Waals surface area contributed by atoms with Crippen LogP contribution in [0.2, 0.25) is 0 Å². The van der Waals surface area contributed by atoms with Crippen molar-refractivity contribution in [3.63, 3.8) is 0 Å². The standard InChI is InChI=1S/C11H18F3N3/c1-10(2,3)17-9(11(12,13)14)7-8(16-17)5-4-6-15/h7H,4-6,15H2,1-3H3. The highest BCUT2D eigenvalue weighted by Crippen LogP contribution is 2.33. The summed E-state index contributed by atoms with van der Waals surface area (Å²) in [6.07, 6.45) is -3.26. The Morgan fingerprint density at radius 3 is 2.24 bits per heavy atom. The predicted octanol–water partition coefficient (Wildman–Crippen LogP) is 2.55. The van der Waals surface area contributed by atoms with Crippen molar-refractivity contribution < 1.29 is 13.2 Å². The molecule has 0 radical (unpaired) electrons. The third-order valence-corrected chi connectivity index (χ3v) is 2.32. The Morgan fingerprint density at radius 2 is 1.88 bits per heavy atom. The van der Waals surface area contributed by atoms with E-state index in [4.69, 9.17) is 5.73 Å². The molecule has 0 aliphatic heterocycles. The van der Waals surface area contributed by atoms with E-state index >= 15 is 0 Å². The second-order valence-electron chi connectivity index (χ2n) is 4.99. The smallest absolute Gasteiger partial charge is 0.330 e. The van der Waals surface area contributed by atoms with Crippen LogP contribution in [0.25, 0.3) is 0 Å². The van der Waals surface area contributed by atoms with Crippen LogP contribution in [0.1, 0.15) is 38.6 Å². The third kappa shape index (κ3) is 3.46. The molecule has 0 saturated heterocycles. The first-order valence-electron chi connectivity index (χ1n) is 5.53. The molecule has 0 spiro atoms. The number of aryl methyl sites for hydroxylation is 1. The Balaban J connectivity index is 3.13.